The summed E-state index contributed by atoms with van der Waals surface area (Å²) in [5.41, 5.74) is 0. The van der Waals surface area contributed by atoms with Crippen LogP contribution in [-0.2, 0) is 19.6 Å². The zero-order valence-electron chi connectivity index (χ0n) is 19.5. The van der Waals surface area contributed by atoms with Gasteiger partial charge in [-0.05, 0) is 57.0 Å². The van der Waals surface area contributed by atoms with E-state index in [2.05, 4.69) is 17.1 Å². The first-order valence-corrected chi connectivity index (χ1v) is 13.6. The molecular formula is C23H35ClN4O4S. The highest BCUT2D eigenvalue weighted by Crippen LogP contribution is 2.21. The lowest BCUT2D eigenvalue weighted by Gasteiger charge is -2.37. The second-order valence-electron chi connectivity index (χ2n) is 9.01. The molecule has 0 radical (unpaired) electrons. The van der Waals surface area contributed by atoms with Crippen LogP contribution in [0.5, 0.6) is 0 Å². The average molecular weight is 499 g/mol. The molecule has 3 rings (SSSR count). The van der Waals surface area contributed by atoms with Crippen LogP contribution in [0.4, 0.5) is 0 Å². The first kappa shape index (κ1) is 25.9. The van der Waals surface area contributed by atoms with Crippen molar-refractivity contribution >= 4 is 33.4 Å². The van der Waals surface area contributed by atoms with E-state index >= 15 is 0 Å². The van der Waals surface area contributed by atoms with Gasteiger partial charge in [-0.2, -0.15) is 4.31 Å². The summed E-state index contributed by atoms with van der Waals surface area (Å²) in [5, 5.41) is 3.58. The summed E-state index contributed by atoms with van der Waals surface area (Å²) >= 11 is 5.86. The Kier molecular flexibility index (Phi) is 9.15. The molecule has 33 heavy (non-hydrogen) atoms. The van der Waals surface area contributed by atoms with E-state index in [1.165, 1.54) is 16.4 Å². The van der Waals surface area contributed by atoms with Crippen LogP contribution in [0.2, 0.25) is 5.02 Å². The molecule has 8 nitrogen and oxygen atoms in total. The number of benzene rings is 1. The lowest BCUT2D eigenvalue weighted by molar-refractivity contribution is -0.135. The lowest BCUT2D eigenvalue weighted by Crippen LogP contribution is -2.53. The van der Waals surface area contributed by atoms with E-state index in [0.29, 0.717) is 24.7 Å². The fraction of sp³-hybridized carbons (Fsp3) is 0.652. The Morgan fingerprint density at radius 1 is 1.12 bits per heavy atom. The number of hydrogen-bond donors (Lipinski definition) is 1. The van der Waals surface area contributed by atoms with Crippen molar-refractivity contribution in [2.75, 3.05) is 45.8 Å². The molecule has 1 aromatic carbocycles. The zero-order chi connectivity index (χ0) is 24.0. The molecule has 2 atom stereocenters. The van der Waals surface area contributed by atoms with E-state index < -0.39 is 10.0 Å². The van der Waals surface area contributed by atoms with Gasteiger partial charge in [0.25, 0.3) is 0 Å². The van der Waals surface area contributed by atoms with E-state index in [-0.39, 0.29) is 48.3 Å². The van der Waals surface area contributed by atoms with Gasteiger partial charge in [0, 0.05) is 43.8 Å². The predicted molar refractivity (Wildman–Crippen MR) is 128 cm³/mol. The van der Waals surface area contributed by atoms with Gasteiger partial charge in [0.15, 0.2) is 0 Å². The van der Waals surface area contributed by atoms with Gasteiger partial charge in [0.05, 0.1) is 17.4 Å². The minimum Gasteiger partial charge on any atom is -0.353 e. The molecule has 0 saturated carbocycles. The van der Waals surface area contributed by atoms with Crippen LogP contribution < -0.4 is 5.32 Å². The Bertz CT molecular complexity index is 917. The third kappa shape index (κ3) is 6.91. The van der Waals surface area contributed by atoms with Crippen LogP contribution >= 0.6 is 11.6 Å². The molecule has 2 amide bonds. The highest BCUT2D eigenvalue weighted by atomic mass is 35.5. The highest BCUT2D eigenvalue weighted by molar-refractivity contribution is 7.89. The molecule has 184 valence electrons. The number of halogens is 1. The molecule has 10 heteroatoms. The number of sulfonamides is 1. The van der Waals surface area contributed by atoms with Crippen molar-refractivity contribution in [3.63, 3.8) is 0 Å². The summed E-state index contributed by atoms with van der Waals surface area (Å²) in [6.45, 7) is 7.01. The molecule has 0 bridgehead atoms. The van der Waals surface area contributed by atoms with E-state index in [0.717, 1.165) is 32.2 Å². The minimum atomic E-state index is -3.60. The third-order valence-electron chi connectivity index (χ3n) is 6.39. The number of nitrogens with zero attached hydrogens (tertiary/aromatic N) is 3. The predicted octanol–water partition coefficient (Wildman–Crippen LogP) is 2.19. The van der Waals surface area contributed by atoms with Crippen molar-refractivity contribution in [1.82, 2.24) is 19.4 Å². The maximum atomic E-state index is 12.9. The van der Waals surface area contributed by atoms with Crippen molar-refractivity contribution in [3.8, 4) is 0 Å². The molecule has 2 heterocycles. The van der Waals surface area contributed by atoms with Gasteiger partial charge in [-0.3, -0.25) is 14.5 Å². The number of hydrogen-bond acceptors (Lipinski definition) is 5. The smallest absolute Gasteiger partial charge is 0.243 e. The fourth-order valence-corrected chi connectivity index (χ4v) is 6.05. The minimum absolute atomic E-state index is 0.0149. The van der Waals surface area contributed by atoms with E-state index in [4.69, 9.17) is 11.6 Å². The van der Waals surface area contributed by atoms with Crippen LogP contribution in [0.25, 0.3) is 0 Å². The normalized spacial score (nSPS) is 21.5. The second kappa shape index (κ2) is 11.6. The number of likely N-dealkylation sites (tertiary alicyclic amines) is 1. The molecular weight excluding hydrogens is 464 g/mol. The number of rotatable bonds is 8. The quantitative estimate of drug-likeness (QED) is 0.593. The molecule has 1 N–H and O–H groups in total. The summed E-state index contributed by atoms with van der Waals surface area (Å²) in [5.74, 6) is -0.0275. The lowest BCUT2D eigenvalue weighted by atomic mass is 9.96. The molecule has 2 aliphatic rings. The average Bonchev–Trinajstić information content (AvgIpc) is 2.79. The Balaban J connectivity index is 1.48. The standard InChI is InChI=1S/C23H35ClN4O4S/c1-3-5-18(2)25-23(30)19-6-4-11-26(16-19)17-22(29)27-12-14-28(15-13-27)33(31,32)21-9-7-20(24)8-10-21/h7-10,18-19H,3-6,11-17H2,1-2H3,(H,25,30). The summed E-state index contributed by atoms with van der Waals surface area (Å²) in [6.07, 6.45) is 3.72. The number of piperidine rings is 1. The Morgan fingerprint density at radius 3 is 2.42 bits per heavy atom. The fourth-order valence-electron chi connectivity index (χ4n) is 4.50. The van der Waals surface area contributed by atoms with Crippen molar-refractivity contribution in [2.45, 2.75) is 50.5 Å². The van der Waals surface area contributed by atoms with E-state index in [9.17, 15) is 18.0 Å². The molecule has 1 aromatic rings. The van der Waals surface area contributed by atoms with Crippen molar-refractivity contribution in [2.24, 2.45) is 5.92 Å². The number of amides is 2. The highest BCUT2D eigenvalue weighted by Gasteiger charge is 2.32. The summed E-state index contributed by atoms with van der Waals surface area (Å²) in [4.78, 5) is 29.4. The maximum absolute atomic E-state index is 12.9. The van der Waals surface area contributed by atoms with Gasteiger partial charge in [-0.15, -0.1) is 0 Å². The van der Waals surface area contributed by atoms with Gasteiger partial charge in [0.1, 0.15) is 0 Å². The number of carbonyl (C=O) groups is 2. The van der Waals surface area contributed by atoms with Crippen LogP contribution in [-0.4, -0.2) is 86.2 Å². The second-order valence-corrected chi connectivity index (χ2v) is 11.4. The van der Waals surface area contributed by atoms with Crippen LogP contribution in [0.3, 0.4) is 0 Å². The SMILES string of the molecule is CCCC(C)NC(=O)C1CCCN(CC(=O)N2CCN(S(=O)(=O)c3ccc(Cl)cc3)CC2)C1. The molecule has 2 saturated heterocycles. The van der Waals surface area contributed by atoms with Crippen LogP contribution in [0, 0.1) is 5.92 Å². The largest absolute Gasteiger partial charge is 0.353 e. The summed E-state index contributed by atoms with van der Waals surface area (Å²) in [7, 11) is -3.60. The molecule has 2 fully saturated rings. The maximum Gasteiger partial charge on any atom is 0.243 e. The zero-order valence-corrected chi connectivity index (χ0v) is 21.1. The Labute approximate surface area is 202 Å². The molecule has 0 aliphatic carbocycles. The third-order valence-corrected chi connectivity index (χ3v) is 8.55. The van der Waals surface area contributed by atoms with Gasteiger partial charge in [-0.25, -0.2) is 8.42 Å². The van der Waals surface area contributed by atoms with Crippen molar-refractivity contribution in [1.29, 1.82) is 0 Å². The van der Waals surface area contributed by atoms with Crippen LogP contribution in [0.1, 0.15) is 39.5 Å². The topological polar surface area (TPSA) is 90.0 Å². The molecule has 2 aliphatic heterocycles. The van der Waals surface area contributed by atoms with Crippen LogP contribution in [0.15, 0.2) is 29.2 Å². The van der Waals surface area contributed by atoms with E-state index in [1.54, 1.807) is 17.0 Å². The van der Waals surface area contributed by atoms with E-state index in [1.807, 2.05) is 6.92 Å². The van der Waals surface area contributed by atoms with Gasteiger partial charge in [-0.1, -0.05) is 24.9 Å². The Morgan fingerprint density at radius 2 is 1.79 bits per heavy atom. The Hall–Kier alpha value is -1.68. The summed E-state index contributed by atoms with van der Waals surface area (Å²) in [6, 6.07) is 6.29. The first-order chi connectivity index (χ1) is 15.7. The van der Waals surface area contributed by atoms with Crippen molar-refractivity contribution < 1.29 is 18.0 Å². The summed E-state index contributed by atoms with van der Waals surface area (Å²) < 4.78 is 27.1. The number of carbonyl (C=O) groups excluding carboxylic acids is 2. The number of piperazine rings is 1. The van der Waals surface area contributed by atoms with Gasteiger partial charge >= 0.3 is 0 Å². The van der Waals surface area contributed by atoms with Gasteiger partial charge in [0.2, 0.25) is 21.8 Å². The first-order valence-electron chi connectivity index (χ1n) is 11.8. The van der Waals surface area contributed by atoms with Gasteiger partial charge < -0.3 is 10.2 Å². The molecule has 0 spiro atoms. The monoisotopic (exact) mass is 498 g/mol. The van der Waals surface area contributed by atoms with Crippen molar-refractivity contribution in [3.05, 3.63) is 29.3 Å². The molecule has 0 aromatic heterocycles. The molecule has 2 unspecified atom stereocenters. The number of nitrogens with one attached hydrogen (secondary N) is 1.